The largest absolute Gasteiger partial charge is 0.481 e. The van der Waals surface area contributed by atoms with Gasteiger partial charge in [0.15, 0.2) is 0 Å². The van der Waals surface area contributed by atoms with Crippen LogP contribution in [0.2, 0.25) is 0 Å². The zero-order valence-electron chi connectivity index (χ0n) is 10.7. The molecule has 18 heavy (non-hydrogen) atoms. The van der Waals surface area contributed by atoms with Crippen LogP contribution in [0.5, 0.6) is 0 Å². The van der Waals surface area contributed by atoms with E-state index in [4.69, 9.17) is 5.11 Å². The van der Waals surface area contributed by atoms with E-state index < -0.39 is 5.97 Å². The van der Waals surface area contributed by atoms with Gasteiger partial charge in [0, 0.05) is 32.0 Å². The van der Waals surface area contributed by atoms with Crippen LogP contribution in [-0.4, -0.2) is 47.6 Å². The molecule has 102 valence electrons. The summed E-state index contributed by atoms with van der Waals surface area (Å²) in [4.78, 5) is 24.5. The van der Waals surface area contributed by atoms with Gasteiger partial charge < -0.3 is 15.3 Å². The Morgan fingerprint density at radius 1 is 1.33 bits per heavy atom. The number of rotatable bonds is 5. The van der Waals surface area contributed by atoms with Crippen molar-refractivity contribution in [1.82, 2.24) is 10.2 Å². The van der Waals surface area contributed by atoms with Gasteiger partial charge in [-0.2, -0.15) is 0 Å². The summed E-state index contributed by atoms with van der Waals surface area (Å²) in [7, 11) is 0. The lowest BCUT2D eigenvalue weighted by molar-refractivity contribution is -0.137. The number of hydrogen-bond donors (Lipinski definition) is 2. The van der Waals surface area contributed by atoms with Crippen LogP contribution in [0, 0.1) is 5.92 Å². The van der Waals surface area contributed by atoms with Crippen molar-refractivity contribution in [2.75, 3.05) is 19.6 Å². The first-order valence-corrected chi connectivity index (χ1v) is 6.88. The maximum atomic E-state index is 12.1. The third kappa shape index (κ3) is 3.70. The number of carboxylic acids is 1. The van der Waals surface area contributed by atoms with Crippen LogP contribution >= 0.6 is 0 Å². The van der Waals surface area contributed by atoms with Gasteiger partial charge in [-0.15, -0.1) is 0 Å². The smallest absolute Gasteiger partial charge is 0.303 e. The molecule has 0 bridgehead atoms. The number of nitrogens with zero attached hydrogens (tertiary/aromatic N) is 1. The number of aliphatic carboxylic acids is 1. The average molecular weight is 254 g/mol. The van der Waals surface area contributed by atoms with E-state index in [-0.39, 0.29) is 12.3 Å². The molecule has 0 aromatic rings. The highest BCUT2D eigenvalue weighted by Crippen LogP contribution is 2.22. The number of carbonyl (C=O) groups is 2. The minimum atomic E-state index is -0.741. The fraction of sp³-hybridized carbons (Fsp3) is 0.846. The van der Waals surface area contributed by atoms with Gasteiger partial charge in [-0.1, -0.05) is 0 Å². The van der Waals surface area contributed by atoms with Crippen molar-refractivity contribution in [2.24, 2.45) is 5.92 Å². The van der Waals surface area contributed by atoms with Gasteiger partial charge in [-0.3, -0.25) is 9.59 Å². The molecule has 0 saturated carbocycles. The fourth-order valence-corrected chi connectivity index (χ4v) is 2.89. The molecule has 0 radical (unpaired) electrons. The summed E-state index contributed by atoms with van der Waals surface area (Å²) in [5.41, 5.74) is 0. The maximum absolute atomic E-state index is 12.1. The highest BCUT2D eigenvalue weighted by atomic mass is 16.4. The summed E-state index contributed by atoms with van der Waals surface area (Å²) >= 11 is 0. The van der Waals surface area contributed by atoms with Gasteiger partial charge >= 0.3 is 5.97 Å². The van der Waals surface area contributed by atoms with E-state index in [1.165, 1.54) is 6.42 Å². The second-order valence-electron chi connectivity index (χ2n) is 5.42. The van der Waals surface area contributed by atoms with Crippen molar-refractivity contribution in [3.05, 3.63) is 0 Å². The maximum Gasteiger partial charge on any atom is 0.303 e. The van der Waals surface area contributed by atoms with Gasteiger partial charge in [-0.25, -0.2) is 0 Å². The highest BCUT2D eigenvalue weighted by molar-refractivity contribution is 5.77. The van der Waals surface area contributed by atoms with Crippen molar-refractivity contribution >= 4 is 11.9 Å². The van der Waals surface area contributed by atoms with E-state index in [2.05, 4.69) is 5.32 Å². The van der Waals surface area contributed by atoms with Crippen LogP contribution in [-0.2, 0) is 9.59 Å². The normalized spacial score (nSPS) is 27.7. The molecular weight excluding hydrogens is 232 g/mol. The summed E-state index contributed by atoms with van der Waals surface area (Å²) in [5, 5.41) is 12.0. The van der Waals surface area contributed by atoms with Crippen molar-refractivity contribution in [2.45, 2.75) is 44.6 Å². The molecule has 2 atom stereocenters. The molecule has 2 saturated heterocycles. The van der Waals surface area contributed by atoms with Crippen molar-refractivity contribution in [3.8, 4) is 0 Å². The van der Waals surface area contributed by atoms with E-state index in [1.807, 2.05) is 4.90 Å². The zero-order valence-corrected chi connectivity index (χ0v) is 10.7. The molecule has 2 unspecified atom stereocenters. The summed E-state index contributed by atoms with van der Waals surface area (Å²) < 4.78 is 0. The number of carboxylic acid groups (broad SMARTS) is 1. The third-order valence-corrected chi connectivity index (χ3v) is 3.99. The zero-order chi connectivity index (χ0) is 13.0. The lowest BCUT2D eigenvalue weighted by atomic mass is 10.0. The summed E-state index contributed by atoms with van der Waals surface area (Å²) in [6.45, 7) is 2.58. The average Bonchev–Trinajstić information content (AvgIpc) is 2.96. The van der Waals surface area contributed by atoms with Crippen molar-refractivity contribution in [3.63, 3.8) is 0 Å². The molecular formula is C13H22N2O3. The topological polar surface area (TPSA) is 69.6 Å². The fourth-order valence-electron chi connectivity index (χ4n) is 2.89. The monoisotopic (exact) mass is 254 g/mol. The van der Waals surface area contributed by atoms with E-state index in [0.717, 1.165) is 32.5 Å². The molecule has 2 N–H and O–H groups in total. The minimum Gasteiger partial charge on any atom is -0.481 e. The molecule has 0 spiro atoms. The molecule has 2 heterocycles. The molecule has 5 heteroatoms. The lowest BCUT2D eigenvalue weighted by Gasteiger charge is -2.19. The molecule has 2 aliphatic rings. The lowest BCUT2D eigenvalue weighted by Crippen LogP contribution is -2.34. The predicted molar refractivity (Wildman–Crippen MR) is 67.2 cm³/mol. The number of carbonyl (C=O) groups excluding carboxylic acids is 1. The third-order valence-electron chi connectivity index (χ3n) is 3.99. The van der Waals surface area contributed by atoms with Crippen LogP contribution in [0.1, 0.15) is 38.5 Å². The summed E-state index contributed by atoms with van der Waals surface area (Å²) in [6.07, 6.45) is 4.74. The Bertz CT molecular complexity index is 313. The van der Waals surface area contributed by atoms with Crippen molar-refractivity contribution in [1.29, 1.82) is 0 Å². The molecule has 0 aliphatic carbocycles. The quantitative estimate of drug-likeness (QED) is 0.763. The number of nitrogens with one attached hydrogen (secondary N) is 1. The first-order chi connectivity index (χ1) is 8.65. The Kier molecular flexibility index (Phi) is 4.58. The van der Waals surface area contributed by atoms with Crippen LogP contribution in [0.15, 0.2) is 0 Å². The van der Waals surface area contributed by atoms with Crippen molar-refractivity contribution < 1.29 is 14.7 Å². The van der Waals surface area contributed by atoms with Crippen LogP contribution < -0.4 is 5.32 Å². The number of amides is 1. The van der Waals surface area contributed by atoms with Gasteiger partial charge in [0.25, 0.3) is 0 Å². The molecule has 0 aromatic heterocycles. The van der Waals surface area contributed by atoms with Crippen LogP contribution in [0.4, 0.5) is 0 Å². The standard InChI is InChI=1S/C13H22N2O3/c16-12(8-11-2-1-6-14-11)15-7-5-10(9-15)3-4-13(17)18/h10-11,14H,1-9H2,(H,17,18). The Balaban J connectivity index is 1.70. The Labute approximate surface area is 108 Å². The molecule has 2 rings (SSSR count). The number of hydrogen-bond acceptors (Lipinski definition) is 3. The second-order valence-corrected chi connectivity index (χ2v) is 5.42. The van der Waals surface area contributed by atoms with E-state index >= 15 is 0 Å². The van der Waals surface area contributed by atoms with E-state index in [9.17, 15) is 9.59 Å². The van der Waals surface area contributed by atoms with E-state index in [0.29, 0.717) is 24.8 Å². The molecule has 2 aliphatic heterocycles. The molecule has 5 nitrogen and oxygen atoms in total. The molecule has 0 aromatic carbocycles. The predicted octanol–water partition coefficient (Wildman–Crippen LogP) is 0.842. The first kappa shape index (κ1) is 13.3. The summed E-state index contributed by atoms with van der Waals surface area (Å²) in [5.74, 6) is -0.135. The minimum absolute atomic E-state index is 0.219. The SMILES string of the molecule is O=C(O)CCC1CCN(C(=O)CC2CCCN2)C1. The van der Waals surface area contributed by atoms with Gasteiger partial charge in [-0.05, 0) is 38.1 Å². The molecule has 2 fully saturated rings. The van der Waals surface area contributed by atoms with Gasteiger partial charge in [0.05, 0.1) is 0 Å². The second kappa shape index (κ2) is 6.18. The first-order valence-electron chi connectivity index (χ1n) is 6.88. The Hall–Kier alpha value is -1.10. The van der Waals surface area contributed by atoms with E-state index in [1.54, 1.807) is 0 Å². The molecule has 1 amide bonds. The Morgan fingerprint density at radius 3 is 2.83 bits per heavy atom. The van der Waals surface area contributed by atoms with Crippen LogP contribution in [0.25, 0.3) is 0 Å². The number of likely N-dealkylation sites (tertiary alicyclic amines) is 1. The van der Waals surface area contributed by atoms with Gasteiger partial charge in [0.2, 0.25) is 5.91 Å². The van der Waals surface area contributed by atoms with Gasteiger partial charge in [0.1, 0.15) is 0 Å². The summed E-state index contributed by atoms with van der Waals surface area (Å²) in [6, 6.07) is 0.357. The highest BCUT2D eigenvalue weighted by Gasteiger charge is 2.28. The van der Waals surface area contributed by atoms with Crippen LogP contribution in [0.3, 0.4) is 0 Å². The Morgan fingerprint density at radius 2 is 2.17 bits per heavy atom.